The van der Waals surface area contributed by atoms with Gasteiger partial charge in [0.15, 0.2) is 5.78 Å². The summed E-state index contributed by atoms with van der Waals surface area (Å²) in [5.41, 5.74) is 1.99. The molecule has 1 atom stereocenters. The van der Waals surface area contributed by atoms with E-state index >= 15 is 0 Å². The molecule has 2 heterocycles. The SMILES string of the molecule is C[C@H](CC(=O)c1cccs1)NC(=O)Cc1c[nH]c2ccccc12. The molecule has 1 amide bonds. The summed E-state index contributed by atoms with van der Waals surface area (Å²) in [6.45, 7) is 1.86. The van der Waals surface area contributed by atoms with Gasteiger partial charge in [-0.2, -0.15) is 0 Å². The van der Waals surface area contributed by atoms with Crippen LogP contribution in [-0.4, -0.2) is 22.7 Å². The molecule has 0 spiro atoms. The van der Waals surface area contributed by atoms with Crippen molar-refractivity contribution in [2.24, 2.45) is 0 Å². The molecule has 0 fully saturated rings. The van der Waals surface area contributed by atoms with Crippen LogP contribution in [0.4, 0.5) is 0 Å². The fourth-order valence-corrected chi connectivity index (χ4v) is 3.32. The Labute approximate surface area is 138 Å². The monoisotopic (exact) mass is 326 g/mol. The summed E-state index contributed by atoms with van der Waals surface area (Å²) < 4.78 is 0. The van der Waals surface area contributed by atoms with E-state index < -0.39 is 0 Å². The highest BCUT2D eigenvalue weighted by Gasteiger charge is 2.15. The summed E-state index contributed by atoms with van der Waals surface area (Å²) in [5.74, 6) is 0.00104. The van der Waals surface area contributed by atoms with Crippen molar-refractivity contribution in [2.45, 2.75) is 25.8 Å². The van der Waals surface area contributed by atoms with Crippen LogP contribution in [0.2, 0.25) is 0 Å². The zero-order valence-electron chi connectivity index (χ0n) is 12.8. The summed E-state index contributed by atoms with van der Waals surface area (Å²) in [6, 6.07) is 11.4. The van der Waals surface area contributed by atoms with E-state index in [1.54, 1.807) is 0 Å². The second-order valence-corrected chi connectivity index (χ2v) is 6.56. The van der Waals surface area contributed by atoms with Gasteiger partial charge in [0.25, 0.3) is 0 Å². The summed E-state index contributed by atoms with van der Waals surface area (Å²) in [7, 11) is 0. The number of hydrogen-bond acceptors (Lipinski definition) is 3. The van der Waals surface area contributed by atoms with Gasteiger partial charge in [0, 0.05) is 29.6 Å². The topological polar surface area (TPSA) is 62.0 Å². The minimum atomic E-state index is -0.178. The third-order valence-electron chi connectivity index (χ3n) is 3.72. The summed E-state index contributed by atoms with van der Waals surface area (Å²) in [5, 5.41) is 5.85. The smallest absolute Gasteiger partial charge is 0.224 e. The Hall–Kier alpha value is -2.40. The lowest BCUT2D eigenvalue weighted by Gasteiger charge is -2.12. The maximum atomic E-state index is 12.2. The number of aromatic nitrogens is 1. The van der Waals surface area contributed by atoms with Crippen LogP contribution in [0.15, 0.2) is 48.0 Å². The van der Waals surface area contributed by atoms with Crippen molar-refractivity contribution < 1.29 is 9.59 Å². The van der Waals surface area contributed by atoms with Crippen molar-refractivity contribution in [3.63, 3.8) is 0 Å². The van der Waals surface area contributed by atoms with E-state index in [9.17, 15) is 9.59 Å². The molecular formula is C18H18N2O2S. The average Bonchev–Trinajstić information content (AvgIpc) is 3.17. The quantitative estimate of drug-likeness (QED) is 0.681. The third-order valence-corrected chi connectivity index (χ3v) is 4.63. The highest BCUT2D eigenvalue weighted by atomic mass is 32.1. The molecule has 3 rings (SSSR count). The van der Waals surface area contributed by atoms with Crippen molar-refractivity contribution in [3.05, 3.63) is 58.4 Å². The first-order chi connectivity index (χ1) is 11.1. The molecule has 0 aliphatic rings. The molecule has 0 unspecified atom stereocenters. The number of H-pyrrole nitrogens is 1. The first-order valence-corrected chi connectivity index (χ1v) is 8.42. The number of nitrogens with one attached hydrogen (secondary N) is 2. The summed E-state index contributed by atoms with van der Waals surface area (Å²) >= 11 is 1.43. The van der Waals surface area contributed by atoms with Crippen LogP contribution < -0.4 is 5.32 Å². The Balaban J connectivity index is 1.57. The number of fused-ring (bicyclic) bond motifs is 1. The zero-order chi connectivity index (χ0) is 16.2. The van der Waals surface area contributed by atoms with Crippen LogP contribution in [0.1, 0.15) is 28.6 Å². The Bertz CT molecular complexity index is 821. The van der Waals surface area contributed by atoms with Crippen LogP contribution in [-0.2, 0) is 11.2 Å². The standard InChI is InChI=1S/C18H18N2O2S/c1-12(9-16(21)17-7-4-8-23-17)20-18(22)10-13-11-19-15-6-3-2-5-14(13)15/h2-8,11-12,19H,9-10H2,1H3,(H,20,22)/t12-/m1/s1. The van der Waals surface area contributed by atoms with Gasteiger partial charge in [-0.15, -0.1) is 11.3 Å². The fraction of sp³-hybridized carbons (Fsp3) is 0.222. The van der Waals surface area contributed by atoms with E-state index in [2.05, 4.69) is 10.3 Å². The molecule has 0 radical (unpaired) electrons. The lowest BCUT2D eigenvalue weighted by molar-refractivity contribution is -0.120. The third kappa shape index (κ3) is 3.68. The lowest BCUT2D eigenvalue weighted by atomic mass is 10.1. The van der Waals surface area contributed by atoms with E-state index in [-0.39, 0.29) is 17.7 Å². The number of hydrogen-bond donors (Lipinski definition) is 2. The van der Waals surface area contributed by atoms with Gasteiger partial charge < -0.3 is 10.3 Å². The van der Waals surface area contributed by atoms with Crippen LogP contribution in [0.3, 0.4) is 0 Å². The van der Waals surface area contributed by atoms with Crippen molar-refractivity contribution in [1.29, 1.82) is 0 Å². The van der Waals surface area contributed by atoms with Crippen molar-refractivity contribution in [1.82, 2.24) is 10.3 Å². The van der Waals surface area contributed by atoms with Crippen molar-refractivity contribution in [3.8, 4) is 0 Å². The predicted octanol–water partition coefficient (Wildman–Crippen LogP) is 3.55. The number of rotatable bonds is 6. The van der Waals surface area contributed by atoms with Crippen molar-refractivity contribution >= 4 is 33.9 Å². The van der Waals surface area contributed by atoms with E-state index in [4.69, 9.17) is 0 Å². The van der Waals surface area contributed by atoms with Gasteiger partial charge in [0.05, 0.1) is 11.3 Å². The highest BCUT2D eigenvalue weighted by Crippen LogP contribution is 2.18. The second-order valence-electron chi connectivity index (χ2n) is 5.61. The van der Waals surface area contributed by atoms with E-state index in [0.29, 0.717) is 12.8 Å². The number of benzene rings is 1. The minimum Gasteiger partial charge on any atom is -0.361 e. The largest absolute Gasteiger partial charge is 0.361 e. The van der Waals surface area contributed by atoms with Crippen LogP contribution in [0, 0.1) is 0 Å². The number of aromatic amines is 1. The Morgan fingerprint density at radius 2 is 2.04 bits per heavy atom. The maximum Gasteiger partial charge on any atom is 0.224 e. The molecule has 2 aromatic heterocycles. The lowest BCUT2D eigenvalue weighted by Crippen LogP contribution is -2.35. The van der Waals surface area contributed by atoms with Gasteiger partial charge in [-0.3, -0.25) is 9.59 Å². The van der Waals surface area contributed by atoms with E-state index in [1.165, 1.54) is 11.3 Å². The van der Waals surface area contributed by atoms with Crippen LogP contribution in [0.25, 0.3) is 10.9 Å². The van der Waals surface area contributed by atoms with Crippen LogP contribution >= 0.6 is 11.3 Å². The first kappa shape index (κ1) is 15.5. The summed E-state index contributed by atoms with van der Waals surface area (Å²) in [4.78, 5) is 28.1. The van der Waals surface area contributed by atoms with Gasteiger partial charge in [0.1, 0.15) is 0 Å². The molecule has 3 aromatic rings. The molecule has 118 valence electrons. The molecule has 2 N–H and O–H groups in total. The molecule has 0 bridgehead atoms. The molecule has 1 aromatic carbocycles. The van der Waals surface area contributed by atoms with E-state index in [0.717, 1.165) is 21.3 Å². The number of thiophene rings is 1. The Morgan fingerprint density at radius 1 is 1.22 bits per heavy atom. The van der Waals surface area contributed by atoms with Crippen LogP contribution in [0.5, 0.6) is 0 Å². The predicted molar refractivity (Wildman–Crippen MR) is 92.9 cm³/mol. The number of ketones is 1. The van der Waals surface area contributed by atoms with Crippen molar-refractivity contribution in [2.75, 3.05) is 0 Å². The highest BCUT2D eigenvalue weighted by molar-refractivity contribution is 7.12. The number of carbonyl (C=O) groups is 2. The van der Waals surface area contributed by atoms with Gasteiger partial charge in [-0.25, -0.2) is 0 Å². The number of amides is 1. The van der Waals surface area contributed by atoms with Gasteiger partial charge >= 0.3 is 0 Å². The minimum absolute atomic E-state index is 0.0683. The van der Waals surface area contributed by atoms with E-state index in [1.807, 2.05) is 54.9 Å². The summed E-state index contributed by atoms with van der Waals surface area (Å²) in [6.07, 6.45) is 2.49. The Kier molecular flexibility index (Phi) is 4.57. The van der Waals surface area contributed by atoms with Gasteiger partial charge in [0.2, 0.25) is 5.91 Å². The molecule has 5 heteroatoms. The van der Waals surface area contributed by atoms with Gasteiger partial charge in [-0.1, -0.05) is 24.3 Å². The number of Topliss-reactive ketones (excluding diaryl/α,β-unsaturated/α-hetero) is 1. The maximum absolute atomic E-state index is 12.2. The zero-order valence-corrected chi connectivity index (χ0v) is 13.7. The first-order valence-electron chi connectivity index (χ1n) is 7.54. The Morgan fingerprint density at radius 3 is 2.83 bits per heavy atom. The molecule has 23 heavy (non-hydrogen) atoms. The molecule has 0 aliphatic carbocycles. The molecular weight excluding hydrogens is 308 g/mol. The molecule has 0 aliphatic heterocycles. The van der Waals surface area contributed by atoms with Gasteiger partial charge in [-0.05, 0) is 30.0 Å². The normalized spacial score (nSPS) is 12.2. The fourth-order valence-electron chi connectivity index (χ4n) is 2.64. The number of para-hydroxylation sites is 1. The molecule has 4 nitrogen and oxygen atoms in total. The average molecular weight is 326 g/mol. The second kappa shape index (κ2) is 6.79. The molecule has 0 saturated heterocycles. The number of carbonyl (C=O) groups excluding carboxylic acids is 2. The molecule has 0 saturated carbocycles.